The molecule has 4 saturated heterocycles. The van der Waals surface area contributed by atoms with Crippen molar-refractivity contribution in [2.45, 2.75) is 86.8 Å². The quantitative estimate of drug-likeness (QED) is 0.251. The van der Waals surface area contributed by atoms with Crippen molar-refractivity contribution in [2.75, 3.05) is 40.5 Å². The second-order valence-electron chi connectivity index (χ2n) is 16.2. The van der Waals surface area contributed by atoms with Gasteiger partial charge in [-0.25, -0.2) is 29.0 Å². The summed E-state index contributed by atoms with van der Waals surface area (Å²) in [4.78, 5) is 83.5. The van der Waals surface area contributed by atoms with E-state index in [1.807, 2.05) is 0 Å². The maximum atomic E-state index is 13.5. The van der Waals surface area contributed by atoms with Crippen LogP contribution in [0, 0.1) is 13.8 Å². The Bertz CT molecular complexity index is 2710. The third-order valence-electron chi connectivity index (χ3n) is 12.5. The van der Waals surface area contributed by atoms with Crippen LogP contribution >= 0.6 is 0 Å². The van der Waals surface area contributed by atoms with Gasteiger partial charge in [0.1, 0.15) is 11.4 Å². The molecule has 0 radical (unpaired) electrons. The highest BCUT2D eigenvalue weighted by Gasteiger charge is 2.72. The van der Waals surface area contributed by atoms with Gasteiger partial charge in [0.15, 0.2) is 23.7 Å². The van der Waals surface area contributed by atoms with Crippen LogP contribution in [0.15, 0.2) is 95.0 Å². The minimum absolute atomic E-state index is 0.00599. The van der Waals surface area contributed by atoms with Gasteiger partial charge in [-0.3, -0.25) is 9.59 Å². The summed E-state index contributed by atoms with van der Waals surface area (Å²) in [6.45, 7) is 7.36. The highest BCUT2D eigenvalue weighted by atomic mass is 32.2. The molecule has 6 aliphatic rings. The molecule has 26 heteroatoms. The molecule has 4 atom stereocenters. The Morgan fingerprint density at radius 2 is 0.929 bits per heavy atom. The van der Waals surface area contributed by atoms with Crippen LogP contribution in [0.3, 0.4) is 0 Å². The number of hydroxylamine groups is 4. The van der Waals surface area contributed by atoms with Gasteiger partial charge in [0.05, 0.1) is 23.0 Å². The smallest absolute Gasteiger partial charge is 0.419 e. The number of aryl methyl sites for hydroxylation is 2. The SMILES string of the molecule is CCOC(=O)N1C(=O)N(OS(=O)(=O)c2ccc(C)cc2)[C@@]23CCCN2C(=O)c2cccn2[C@@H]13.CCOC(=O)N1C(=O)N(OS(=O)(=O)c2ccc(C)cc2)[C@]23CCCN2C(=O)c2cccn2[C@H]13.CO.CO. The summed E-state index contributed by atoms with van der Waals surface area (Å²) < 4.78 is 76.5. The first-order chi connectivity index (χ1) is 33.4. The molecule has 376 valence electrons. The highest BCUT2D eigenvalue weighted by Crippen LogP contribution is 2.54. The predicted molar refractivity (Wildman–Crippen MR) is 240 cm³/mol. The number of carbonyl (C=O) groups excluding carboxylic acids is 6. The first-order valence-electron chi connectivity index (χ1n) is 21.9. The van der Waals surface area contributed by atoms with E-state index in [2.05, 4.69) is 0 Å². The predicted octanol–water partition coefficient (Wildman–Crippen LogP) is 4.13. The lowest BCUT2D eigenvalue weighted by Crippen LogP contribution is -2.63. The first-order valence-corrected chi connectivity index (χ1v) is 24.8. The molecular weight excluding hydrogens is 961 g/mol. The molecule has 8 amide bonds. The van der Waals surface area contributed by atoms with Crippen molar-refractivity contribution in [1.82, 2.24) is 38.9 Å². The van der Waals surface area contributed by atoms with Crippen molar-refractivity contribution in [3.63, 3.8) is 0 Å². The number of nitrogens with zero attached hydrogens (tertiary/aromatic N) is 8. The third-order valence-corrected chi connectivity index (χ3v) is 14.9. The van der Waals surface area contributed by atoms with E-state index in [-0.39, 0.29) is 72.1 Å². The molecule has 2 aromatic heterocycles. The van der Waals surface area contributed by atoms with E-state index in [0.717, 1.165) is 35.1 Å². The molecule has 0 bridgehead atoms. The molecule has 8 heterocycles. The van der Waals surface area contributed by atoms with Crippen molar-refractivity contribution < 1.29 is 73.9 Å². The number of aliphatic hydroxyl groups excluding tert-OH is 2. The number of carbonyl (C=O) groups is 6. The zero-order valence-corrected chi connectivity index (χ0v) is 40.5. The van der Waals surface area contributed by atoms with E-state index in [4.69, 9.17) is 28.3 Å². The number of rotatable bonds is 8. The van der Waals surface area contributed by atoms with Crippen LogP contribution in [0.4, 0.5) is 19.2 Å². The Balaban J connectivity index is 0.000000193. The summed E-state index contributed by atoms with van der Waals surface area (Å²) >= 11 is 0. The number of hydrogen-bond acceptors (Lipinski definition) is 16. The van der Waals surface area contributed by atoms with E-state index in [1.165, 1.54) is 43.2 Å². The molecule has 2 N–H and O–H groups in total. The average Bonchev–Trinajstić information content (AvgIpc) is 4.22. The number of aromatic nitrogens is 2. The van der Waals surface area contributed by atoms with E-state index < -0.39 is 68.1 Å². The average molecular weight is 1010 g/mol. The standard InChI is InChI=1S/2C21H22N4O7S.2CH4O/c2*1-3-31-20(28)24-18-21(11-5-13-23(21)17(26)16-6-4-12-22(16)18)25(19(24)27)32-33(29,30)15-9-7-14(2)8-10-15;2*1-2/h2*4,6-10,12,18H,3,5,11,13H2,1-2H3;2*2H,1H3/t2*18-,21+;;/m10../s1. The minimum atomic E-state index is -4.45. The third kappa shape index (κ3) is 7.92. The van der Waals surface area contributed by atoms with Crippen LogP contribution in [0.1, 0.15) is 84.0 Å². The number of urea groups is 2. The number of fused-ring (bicyclic) bond motifs is 4. The van der Waals surface area contributed by atoms with Crippen LogP contribution in [0.5, 0.6) is 0 Å². The van der Waals surface area contributed by atoms with Crippen molar-refractivity contribution in [1.29, 1.82) is 0 Å². The molecule has 4 aromatic rings. The Morgan fingerprint density at radius 3 is 1.26 bits per heavy atom. The fourth-order valence-corrected chi connectivity index (χ4v) is 11.6. The number of benzene rings is 2. The van der Waals surface area contributed by atoms with Gasteiger partial charge in [0.2, 0.25) is 0 Å². The minimum Gasteiger partial charge on any atom is -0.449 e. The Hall–Kier alpha value is -6.84. The van der Waals surface area contributed by atoms with Crippen molar-refractivity contribution in [3.05, 3.63) is 108 Å². The molecule has 0 aliphatic carbocycles. The molecule has 0 unspecified atom stereocenters. The van der Waals surface area contributed by atoms with Crippen LogP contribution in [0.25, 0.3) is 0 Å². The zero-order valence-electron chi connectivity index (χ0n) is 38.9. The van der Waals surface area contributed by atoms with Crippen LogP contribution in [-0.2, 0) is 38.3 Å². The highest BCUT2D eigenvalue weighted by molar-refractivity contribution is 7.87. The molecule has 10 rings (SSSR count). The Morgan fingerprint density at radius 1 is 0.586 bits per heavy atom. The van der Waals surface area contributed by atoms with Crippen LogP contribution in [-0.4, -0.2) is 154 Å². The monoisotopic (exact) mass is 1010 g/mol. The lowest BCUT2D eigenvalue weighted by molar-refractivity contribution is -0.143. The van der Waals surface area contributed by atoms with Gasteiger partial charge in [-0.05, 0) is 102 Å². The van der Waals surface area contributed by atoms with Crippen molar-refractivity contribution >= 4 is 56.3 Å². The first kappa shape index (κ1) is 51.0. The fourth-order valence-electron chi connectivity index (χ4n) is 9.70. The lowest BCUT2D eigenvalue weighted by Gasteiger charge is -2.46. The van der Waals surface area contributed by atoms with Gasteiger partial charge >= 0.3 is 44.5 Å². The normalized spacial score (nSPS) is 22.9. The summed E-state index contributed by atoms with van der Waals surface area (Å²) in [7, 11) is -6.90. The summed E-state index contributed by atoms with van der Waals surface area (Å²) in [5.41, 5.74) is -0.822. The Labute approximate surface area is 402 Å². The fraction of sp³-hybridized carbons (Fsp3) is 0.409. The van der Waals surface area contributed by atoms with Crippen LogP contribution in [0.2, 0.25) is 0 Å². The lowest BCUT2D eigenvalue weighted by atomic mass is 10.0. The van der Waals surface area contributed by atoms with Crippen LogP contribution < -0.4 is 0 Å². The van der Waals surface area contributed by atoms with E-state index >= 15 is 0 Å². The van der Waals surface area contributed by atoms with Gasteiger partial charge in [0.25, 0.3) is 11.8 Å². The largest absolute Gasteiger partial charge is 0.449 e. The number of ether oxygens (including phenoxy) is 2. The van der Waals surface area contributed by atoms with E-state index in [9.17, 15) is 45.6 Å². The number of aliphatic hydroxyl groups is 2. The van der Waals surface area contributed by atoms with Gasteiger partial charge in [-0.15, -0.1) is 8.57 Å². The summed E-state index contributed by atoms with van der Waals surface area (Å²) in [5.74, 6) is -0.762. The maximum Gasteiger partial charge on any atom is 0.419 e. The zero-order chi connectivity index (χ0) is 51.1. The van der Waals surface area contributed by atoms with Gasteiger partial charge in [0, 0.05) is 39.7 Å². The number of amides is 8. The molecule has 2 spiro atoms. The van der Waals surface area contributed by atoms with Gasteiger partial charge in [-0.2, -0.15) is 27.0 Å². The second-order valence-corrected chi connectivity index (χ2v) is 19.3. The molecule has 2 aromatic carbocycles. The number of hydrogen-bond donors (Lipinski definition) is 2. The van der Waals surface area contributed by atoms with Crippen molar-refractivity contribution in [2.24, 2.45) is 0 Å². The van der Waals surface area contributed by atoms with E-state index in [0.29, 0.717) is 23.0 Å². The maximum absolute atomic E-state index is 13.5. The Kier molecular flexibility index (Phi) is 14.2. The van der Waals surface area contributed by atoms with Gasteiger partial charge < -0.3 is 38.6 Å². The molecule has 24 nitrogen and oxygen atoms in total. The van der Waals surface area contributed by atoms with Gasteiger partial charge in [-0.1, -0.05) is 35.4 Å². The molecule has 0 saturated carbocycles. The van der Waals surface area contributed by atoms with Crippen molar-refractivity contribution in [3.8, 4) is 0 Å². The second kappa shape index (κ2) is 19.5. The molecule has 4 fully saturated rings. The number of imide groups is 2. The van der Waals surface area contributed by atoms with E-state index in [1.54, 1.807) is 88.6 Å². The summed E-state index contributed by atoms with van der Waals surface area (Å²) in [5, 5.41) is 15.3. The molecular formula is C44H52N8O16S2. The summed E-state index contributed by atoms with van der Waals surface area (Å²) in [6, 6.07) is 16.3. The topological polar surface area (TPSA) is 277 Å². The molecule has 70 heavy (non-hydrogen) atoms. The molecule has 6 aliphatic heterocycles. The summed E-state index contributed by atoms with van der Waals surface area (Å²) in [6.07, 6.45) is 0.545.